The molecule has 2 aromatic heterocycles. The van der Waals surface area contributed by atoms with Crippen LogP contribution in [0, 0.1) is 0 Å². The lowest BCUT2D eigenvalue weighted by Crippen LogP contribution is -2.03. The SMILES string of the molecule is CNc1cn2ccnc2c(Nc2cc(OC)ccc2Br)n1. The van der Waals surface area contributed by atoms with Gasteiger partial charge in [-0.05, 0) is 28.1 Å². The van der Waals surface area contributed by atoms with E-state index in [1.54, 1.807) is 13.3 Å². The molecule has 0 saturated heterocycles. The van der Waals surface area contributed by atoms with Gasteiger partial charge in [-0.1, -0.05) is 0 Å². The van der Waals surface area contributed by atoms with Crippen LogP contribution < -0.4 is 15.4 Å². The van der Waals surface area contributed by atoms with E-state index in [4.69, 9.17) is 4.74 Å². The first-order valence-corrected chi connectivity index (χ1v) is 7.12. The van der Waals surface area contributed by atoms with Crippen molar-refractivity contribution in [3.05, 3.63) is 41.3 Å². The minimum Gasteiger partial charge on any atom is -0.497 e. The van der Waals surface area contributed by atoms with Crippen molar-refractivity contribution in [3.8, 4) is 5.75 Å². The van der Waals surface area contributed by atoms with E-state index in [2.05, 4.69) is 36.5 Å². The summed E-state index contributed by atoms with van der Waals surface area (Å²) in [6, 6.07) is 5.71. The molecule has 3 rings (SSSR count). The maximum absolute atomic E-state index is 5.25. The zero-order chi connectivity index (χ0) is 14.8. The van der Waals surface area contributed by atoms with Gasteiger partial charge in [0.05, 0.1) is 19.0 Å². The quantitative estimate of drug-likeness (QED) is 0.758. The third-order valence-corrected chi connectivity index (χ3v) is 3.75. The topological polar surface area (TPSA) is 63.5 Å². The van der Waals surface area contributed by atoms with Crippen LogP contribution in [0.2, 0.25) is 0 Å². The number of halogens is 1. The summed E-state index contributed by atoms with van der Waals surface area (Å²) in [6.45, 7) is 0. The minimum absolute atomic E-state index is 0.667. The first-order valence-electron chi connectivity index (χ1n) is 6.33. The molecular formula is C14H14BrN5O. The Balaban J connectivity index is 2.07. The molecular weight excluding hydrogens is 334 g/mol. The van der Waals surface area contributed by atoms with Gasteiger partial charge in [-0.25, -0.2) is 9.97 Å². The standard InChI is InChI=1S/C14H14BrN5O/c1-16-12-8-20-6-5-17-14(20)13(19-12)18-11-7-9(21-2)3-4-10(11)15/h3-8,16H,1-2H3,(H,18,19). The summed E-state index contributed by atoms with van der Waals surface area (Å²) in [4.78, 5) is 8.84. The maximum atomic E-state index is 5.25. The van der Waals surface area contributed by atoms with Crippen molar-refractivity contribution >= 4 is 38.9 Å². The lowest BCUT2D eigenvalue weighted by molar-refractivity contribution is 0.415. The lowest BCUT2D eigenvalue weighted by atomic mass is 10.3. The first kappa shape index (κ1) is 13.7. The number of fused-ring (bicyclic) bond motifs is 1. The van der Waals surface area contributed by atoms with Crippen LogP contribution in [0.1, 0.15) is 0 Å². The zero-order valence-electron chi connectivity index (χ0n) is 11.6. The molecule has 0 saturated carbocycles. The molecule has 0 spiro atoms. The molecule has 0 amide bonds. The van der Waals surface area contributed by atoms with Crippen molar-refractivity contribution in [1.29, 1.82) is 0 Å². The predicted octanol–water partition coefficient (Wildman–Crippen LogP) is 3.29. The third-order valence-electron chi connectivity index (χ3n) is 3.06. The fraction of sp³-hybridized carbons (Fsp3) is 0.143. The van der Waals surface area contributed by atoms with Crippen LogP contribution in [0.4, 0.5) is 17.3 Å². The molecule has 1 aromatic carbocycles. The first-order chi connectivity index (χ1) is 10.2. The summed E-state index contributed by atoms with van der Waals surface area (Å²) in [5.74, 6) is 2.19. The second-order valence-electron chi connectivity index (χ2n) is 4.35. The van der Waals surface area contributed by atoms with Crippen LogP contribution >= 0.6 is 15.9 Å². The molecule has 21 heavy (non-hydrogen) atoms. The molecule has 0 unspecified atom stereocenters. The van der Waals surface area contributed by atoms with E-state index in [1.165, 1.54) is 0 Å². The van der Waals surface area contributed by atoms with Crippen LogP contribution in [-0.4, -0.2) is 28.5 Å². The Hall–Kier alpha value is -2.28. The summed E-state index contributed by atoms with van der Waals surface area (Å²) in [5, 5.41) is 6.33. The molecule has 6 nitrogen and oxygen atoms in total. The molecule has 2 N–H and O–H groups in total. The summed E-state index contributed by atoms with van der Waals surface area (Å²) >= 11 is 3.52. The number of hydrogen-bond donors (Lipinski definition) is 2. The van der Waals surface area contributed by atoms with Gasteiger partial charge < -0.3 is 19.8 Å². The summed E-state index contributed by atoms with van der Waals surface area (Å²) in [7, 11) is 3.47. The van der Waals surface area contributed by atoms with Crippen molar-refractivity contribution in [2.75, 3.05) is 24.8 Å². The number of aromatic nitrogens is 3. The number of nitrogens with zero attached hydrogens (tertiary/aromatic N) is 3. The van der Waals surface area contributed by atoms with Gasteiger partial charge in [0.1, 0.15) is 11.6 Å². The Morgan fingerprint density at radius 3 is 2.95 bits per heavy atom. The monoisotopic (exact) mass is 347 g/mol. The number of imidazole rings is 1. The molecule has 0 aliphatic heterocycles. The number of nitrogens with one attached hydrogen (secondary N) is 2. The average Bonchev–Trinajstić information content (AvgIpc) is 2.98. The van der Waals surface area contributed by atoms with Crippen molar-refractivity contribution in [2.24, 2.45) is 0 Å². The molecule has 0 aliphatic carbocycles. The molecule has 7 heteroatoms. The predicted molar refractivity (Wildman–Crippen MR) is 86.5 cm³/mol. The van der Waals surface area contributed by atoms with Crippen molar-refractivity contribution in [1.82, 2.24) is 14.4 Å². The number of methoxy groups -OCH3 is 1. The summed E-state index contributed by atoms with van der Waals surface area (Å²) in [6.07, 6.45) is 5.50. The Bertz CT molecular complexity index is 786. The van der Waals surface area contributed by atoms with Crippen LogP contribution in [0.5, 0.6) is 5.75 Å². The number of anilines is 3. The third kappa shape index (κ3) is 2.64. The second kappa shape index (κ2) is 5.61. The molecule has 0 aliphatic rings. The van der Waals surface area contributed by atoms with E-state index in [-0.39, 0.29) is 0 Å². The second-order valence-corrected chi connectivity index (χ2v) is 5.21. The Labute approximate surface area is 130 Å². The van der Waals surface area contributed by atoms with Gasteiger partial charge in [0.2, 0.25) is 0 Å². The van der Waals surface area contributed by atoms with Crippen molar-refractivity contribution in [3.63, 3.8) is 0 Å². The van der Waals surface area contributed by atoms with Gasteiger partial charge in [-0.3, -0.25) is 0 Å². The van der Waals surface area contributed by atoms with E-state index < -0.39 is 0 Å². The van der Waals surface area contributed by atoms with Gasteiger partial charge >= 0.3 is 0 Å². The highest BCUT2D eigenvalue weighted by molar-refractivity contribution is 9.10. The highest BCUT2D eigenvalue weighted by Gasteiger charge is 2.10. The number of ether oxygens (including phenoxy) is 1. The molecule has 2 heterocycles. The largest absolute Gasteiger partial charge is 0.497 e. The van der Waals surface area contributed by atoms with Gasteiger partial charge in [-0.2, -0.15) is 0 Å². The zero-order valence-corrected chi connectivity index (χ0v) is 13.2. The molecule has 0 bridgehead atoms. The normalized spacial score (nSPS) is 10.6. The van der Waals surface area contributed by atoms with Gasteiger partial charge in [0.25, 0.3) is 0 Å². The molecule has 0 radical (unpaired) electrons. The Morgan fingerprint density at radius 1 is 1.33 bits per heavy atom. The number of benzene rings is 1. The van der Waals surface area contributed by atoms with Crippen LogP contribution in [0.25, 0.3) is 5.65 Å². The van der Waals surface area contributed by atoms with E-state index >= 15 is 0 Å². The van der Waals surface area contributed by atoms with Gasteiger partial charge in [0.15, 0.2) is 11.5 Å². The van der Waals surface area contributed by atoms with E-state index in [0.717, 1.165) is 27.4 Å². The Kier molecular flexibility index (Phi) is 3.66. The summed E-state index contributed by atoms with van der Waals surface area (Å²) < 4.78 is 8.08. The number of rotatable bonds is 4. The van der Waals surface area contributed by atoms with Crippen LogP contribution in [-0.2, 0) is 0 Å². The molecule has 0 fully saturated rings. The number of hydrogen-bond acceptors (Lipinski definition) is 5. The van der Waals surface area contributed by atoms with Crippen molar-refractivity contribution < 1.29 is 4.74 Å². The van der Waals surface area contributed by atoms with E-state index in [9.17, 15) is 0 Å². The Morgan fingerprint density at radius 2 is 2.19 bits per heavy atom. The van der Waals surface area contributed by atoms with Gasteiger partial charge in [0, 0.05) is 30.0 Å². The lowest BCUT2D eigenvalue weighted by Gasteiger charge is -2.12. The minimum atomic E-state index is 0.667. The van der Waals surface area contributed by atoms with Gasteiger partial charge in [-0.15, -0.1) is 0 Å². The average molecular weight is 348 g/mol. The van der Waals surface area contributed by atoms with Crippen LogP contribution in [0.3, 0.4) is 0 Å². The fourth-order valence-electron chi connectivity index (χ4n) is 1.99. The van der Waals surface area contributed by atoms with E-state index in [0.29, 0.717) is 5.82 Å². The molecule has 3 aromatic rings. The highest BCUT2D eigenvalue weighted by Crippen LogP contribution is 2.30. The molecule has 108 valence electrons. The summed E-state index contributed by atoms with van der Waals surface area (Å²) in [5.41, 5.74) is 1.61. The smallest absolute Gasteiger partial charge is 0.180 e. The van der Waals surface area contributed by atoms with Crippen LogP contribution in [0.15, 0.2) is 41.3 Å². The highest BCUT2D eigenvalue weighted by atomic mass is 79.9. The van der Waals surface area contributed by atoms with Crippen molar-refractivity contribution in [2.45, 2.75) is 0 Å². The van der Waals surface area contributed by atoms with E-state index in [1.807, 2.05) is 42.0 Å². The fourth-order valence-corrected chi connectivity index (χ4v) is 2.34. The molecule has 0 atom stereocenters. The maximum Gasteiger partial charge on any atom is 0.180 e.